The number of carboxylic acids is 1. The average molecular weight is 233 g/mol. The zero-order chi connectivity index (χ0) is 12.4. The van der Waals surface area contributed by atoms with Gasteiger partial charge in [0.1, 0.15) is 5.52 Å². The summed E-state index contributed by atoms with van der Waals surface area (Å²) in [5.41, 5.74) is 1.19. The van der Waals surface area contributed by atoms with Gasteiger partial charge in [-0.2, -0.15) is 0 Å². The minimum atomic E-state index is -0.972. The first-order valence-corrected chi connectivity index (χ1v) is 5.80. The molecule has 0 atom stereocenters. The highest BCUT2D eigenvalue weighted by molar-refractivity contribution is 6.00. The molecule has 0 amide bonds. The van der Waals surface area contributed by atoms with Crippen molar-refractivity contribution in [2.24, 2.45) is 0 Å². The molecule has 0 aliphatic carbocycles. The van der Waals surface area contributed by atoms with Gasteiger partial charge in [0.25, 0.3) is 0 Å². The van der Waals surface area contributed by atoms with Crippen LogP contribution in [0.1, 0.15) is 48.9 Å². The second-order valence-corrected chi connectivity index (χ2v) is 4.02. The van der Waals surface area contributed by atoms with Crippen LogP contribution in [-0.4, -0.2) is 16.1 Å². The molecule has 1 heterocycles. The van der Waals surface area contributed by atoms with Crippen molar-refractivity contribution in [1.29, 1.82) is 0 Å². The molecule has 0 radical (unpaired) electrons. The molecule has 2 rings (SSSR count). The van der Waals surface area contributed by atoms with E-state index in [4.69, 9.17) is 9.52 Å². The summed E-state index contributed by atoms with van der Waals surface area (Å²) < 4.78 is 5.63. The highest BCUT2D eigenvalue weighted by atomic mass is 16.4. The lowest BCUT2D eigenvalue weighted by atomic mass is 10.0. The van der Waals surface area contributed by atoms with E-state index >= 15 is 0 Å². The van der Waals surface area contributed by atoms with Crippen LogP contribution in [0.25, 0.3) is 11.1 Å². The molecule has 0 fully saturated rings. The van der Waals surface area contributed by atoms with Gasteiger partial charge in [0.2, 0.25) is 0 Å². The number of para-hydroxylation sites is 1. The number of fused-ring (bicyclic) bond motifs is 1. The van der Waals surface area contributed by atoms with Crippen molar-refractivity contribution in [2.45, 2.75) is 32.6 Å². The van der Waals surface area contributed by atoms with Crippen molar-refractivity contribution in [3.05, 3.63) is 29.7 Å². The summed E-state index contributed by atoms with van der Waals surface area (Å²) in [7, 11) is 0. The van der Waals surface area contributed by atoms with Crippen molar-refractivity contribution in [3.8, 4) is 0 Å². The lowest BCUT2D eigenvalue weighted by Crippen LogP contribution is -1.98. The van der Waals surface area contributed by atoms with Crippen molar-refractivity contribution in [2.75, 3.05) is 0 Å². The Balaban J connectivity index is 2.57. The Morgan fingerprint density at radius 1 is 1.41 bits per heavy atom. The summed E-state index contributed by atoms with van der Waals surface area (Å²) in [6.45, 7) is 4.14. The van der Waals surface area contributed by atoms with Crippen LogP contribution in [0.2, 0.25) is 0 Å². The van der Waals surface area contributed by atoms with Gasteiger partial charge in [-0.3, -0.25) is 0 Å². The molecule has 0 unspecified atom stereocenters. The third-order valence-corrected chi connectivity index (χ3v) is 3.00. The van der Waals surface area contributed by atoms with Gasteiger partial charge in [-0.05, 0) is 25.0 Å². The monoisotopic (exact) mass is 233 g/mol. The smallest absolute Gasteiger partial charge is 0.338 e. The van der Waals surface area contributed by atoms with Gasteiger partial charge in [-0.25, -0.2) is 9.78 Å². The zero-order valence-corrected chi connectivity index (χ0v) is 9.93. The van der Waals surface area contributed by atoms with E-state index in [0.29, 0.717) is 17.0 Å². The molecule has 0 bridgehead atoms. The highest BCUT2D eigenvalue weighted by Gasteiger charge is 2.18. The molecular weight excluding hydrogens is 218 g/mol. The second-order valence-electron chi connectivity index (χ2n) is 4.02. The van der Waals surface area contributed by atoms with Crippen LogP contribution in [0.15, 0.2) is 22.6 Å². The number of aromatic nitrogens is 1. The summed E-state index contributed by atoms with van der Waals surface area (Å²) in [6.07, 6.45) is 1.87. The number of aromatic carboxylic acids is 1. The van der Waals surface area contributed by atoms with E-state index in [2.05, 4.69) is 18.8 Å². The van der Waals surface area contributed by atoms with Gasteiger partial charge in [0, 0.05) is 5.92 Å². The van der Waals surface area contributed by atoms with Gasteiger partial charge in [-0.1, -0.05) is 19.9 Å². The van der Waals surface area contributed by atoms with Crippen molar-refractivity contribution < 1.29 is 14.3 Å². The van der Waals surface area contributed by atoms with Gasteiger partial charge >= 0.3 is 5.97 Å². The fourth-order valence-corrected chi connectivity index (χ4v) is 1.95. The molecule has 0 spiro atoms. The van der Waals surface area contributed by atoms with E-state index in [1.165, 1.54) is 0 Å². The Hall–Kier alpha value is -1.84. The van der Waals surface area contributed by atoms with E-state index in [0.717, 1.165) is 12.8 Å². The third kappa shape index (κ3) is 2.02. The first-order valence-electron chi connectivity index (χ1n) is 5.80. The van der Waals surface area contributed by atoms with Crippen LogP contribution in [0, 0.1) is 0 Å². The van der Waals surface area contributed by atoms with Crippen molar-refractivity contribution >= 4 is 17.1 Å². The topological polar surface area (TPSA) is 63.3 Å². The number of nitrogens with zero attached hydrogens (tertiary/aromatic N) is 1. The Morgan fingerprint density at radius 2 is 2.12 bits per heavy atom. The largest absolute Gasteiger partial charge is 0.478 e. The predicted molar refractivity (Wildman–Crippen MR) is 64.3 cm³/mol. The molecule has 1 aromatic carbocycles. The number of hydrogen-bond acceptors (Lipinski definition) is 3. The van der Waals surface area contributed by atoms with Gasteiger partial charge in [0.15, 0.2) is 11.5 Å². The minimum Gasteiger partial charge on any atom is -0.478 e. The number of benzene rings is 1. The maximum absolute atomic E-state index is 11.1. The molecule has 1 N–H and O–H groups in total. The van der Waals surface area contributed by atoms with Crippen molar-refractivity contribution in [3.63, 3.8) is 0 Å². The SMILES string of the molecule is CCC(CC)c1nc2c(C(=O)O)cccc2o1. The molecular formula is C13H15NO3. The summed E-state index contributed by atoms with van der Waals surface area (Å²) in [5.74, 6) is -0.0808. The third-order valence-electron chi connectivity index (χ3n) is 3.00. The van der Waals surface area contributed by atoms with E-state index in [1.54, 1.807) is 18.2 Å². The number of carboxylic acid groups (broad SMARTS) is 1. The van der Waals surface area contributed by atoms with E-state index in [9.17, 15) is 4.79 Å². The Morgan fingerprint density at radius 3 is 2.71 bits per heavy atom. The summed E-state index contributed by atoms with van der Waals surface area (Å²) in [6, 6.07) is 4.97. The second kappa shape index (κ2) is 4.57. The molecule has 0 aliphatic heterocycles. The van der Waals surface area contributed by atoms with Crippen LogP contribution in [0.4, 0.5) is 0 Å². The fraction of sp³-hybridized carbons (Fsp3) is 0.385. The maximum atomic E-state index is 11.1. The molecule has 90 valence electrons. The standard InChI is InChI=1S/C13H15NO3/c1-3-8(4-2)12-14-11-9(13(15)16)6-5-7-10(11)17-12/h5-8H,3-4H2,1-2H3,(H,15,16). The molecule has 0 saturated heterocycles. The predicted octanol–water partition coefficient (Wildman–Crippen LogP) is 3.43. The summed E-state index contributed by atoms with van der Waals surface area (Å²) in [4.78, 5) is 15.4. The summed E-state index contributed by atoms with van der Waals surface area (Å²) >= 11 is 0. The lowest BCUT2D eigenvalue weighted by Gasteiger charge is -2.05. The van der Waals surface area contributed by atoms with Gasteiger partial charge < -0.3 is 9.52 Å². The Labute approximate surface area is 99.3 Å². The Kier molecular flexibility index (Phi) is 3.13. The van der Waals surface area contributed by atoms with Crippen LogP contribution in [-0.2, 0) is 0 Å². The normalized spacial score (nSPS) is 11.2. The lowest BCUT2D eigenvalue weighted by molar-refractivity contribution is 0.0699. The number of oxazole rings is 1. The number of carbonyl (C=O) groups is 1. The first kappa shape index (κ1) is 11.6. The number of hydrogen-bond donors (Lipinski definition) is 1. The molecule has 0 saturated carbocycles. The molecule has 4 heteroatoms. The highest BCUT2D eigenvalue weighted by Crippen LogP contribution is 2.27. The minimum absolute atomic E-state index is 0.198. The van der Waals surface area contributed by atoms with E-state index in [-0.39, 0.29) is 11.5 Å². The van der Waals surface area contributed by atoms with Crippen LogP contribution in [0.5, 0.6) is 0 Å². The molecule has 2 aromatic rings. The molecule has 1 aromatic heterocycles. The van der Waals surface area contributed by atoms with E-state index < -0.39 is 5.97 Å². The zero-order valence-electron chi connectivity index (χ0n) is 9.93. The van der Waals surface area contributed by atoms with Crippen molar-refractivity contribution in [1.82, 2.24) is 4.98 Å². The van der Waals surface area contributed by atoms with Crippen LogP contribution < -0.4 is 0 Å². The molecule has 4 nitrogen and oxygen atoms in total. The quantitative estimate of drug-likeness (QED) is 0.878. The van der Waals surface area contributed by atoms with E-state index in [1.807, 2.05) is 0 Å². The van der Waals surface area contributed by atoms with Gasteiger partial charge in [0.05, 0.1) is 5.56 Å². The fourth-order valence-electron chi connectivity index (χ4n) is 1.95. The van der Waals surface area contributed by atoms with Crippen LogP contribution in [0.3, 0.4) is 0 Å². The Bertz CT molecular complexity index is 541. The van der Waals surface area contributed by atoms with Gasteiger partial charge in [-0.15, -0.1) is 0 Å². The van der Waals surface area contributed by atoms with Crippen LogP contribution >= 0.6 is 0 Å². The molecule has 17 heavy (non-hydrogen) atoms. The molecule has 0 aliphatic rings. The summed E-state index contributed by atoms with van der Waals surface area (Å²) in [5, 5.41) is 9.06. The maximum Gasteiger partial charge on any atom is 0.338 e. The average Bonchev–Trinajstić information content (AvgIpc) is 2.73. The number of rotatable bonds is 4. The first-order chi connectivity index (χ1) is 8.17.